The fourth-order valence-corrected chi connectivity index (χ4v) is 2.31. The monoisotopic (exact) mass is 295 g/mol. The molecule has 1 saturated heterocycles. The Labute approximate surface area is 126 Å². The van der Waals surface area contributed by atoms with Crippen LogP contribution < -0.4 is 14.8 Å². The molecule has 1 aromatic rings. The van der Waals surface area contributed by atoms with Crippen molar-refractivity contribution in [3.8, 4) is 11.5 Å². The predicted molar refractivity (Wildman–Crippen MR) is 81.0 cm³/mol. The molecule has 0 aromatic heterocycles. The number of aliphatic hydroxyl groups is 1. The van der Waals surface area contributed by atoms with Gasteiger partial charge in [0.2, 0.25) is 0 Å². The van der Waals surface area contributed by atoms with Crippen molar-refractivity contribution < 1.29 is 19.3 Å². The fourth-order valence-electron chi connectivity index (χ4n) is 2.31. The quantitative estimate of drug-likeness (QED) is 0.800. The molecule has 5 heteroatoms. The molecule has 0 bridgehead atoms. The van der Waals surface area contributed by atoms with Crippen molar-refractivity contribution in [1.29, 1.82) is 0 Å². The molecule has 1 aromatic carbocycles. The van der Waals surface area contributed by atoms with Gasteiger partial charge in [0.05, 0.1) is 7.11 Å². The molecule has 0 amide bonds. The second-order valence-electron chi connectivity index (χ2n) is 5.70. The lowest BCUT2D eigenvalue weighted by atomic mass is 9.92. The Hall–Kier alpha value is -1.30. The second kappa shape index (κ2) is 7.64. The first-order valence-corrected chi connectivity index (χ1v) is 7.39. The van der Waals surface area contributed by atoms with Gasteiger partial charge in [-0.3, -0.25) is 0 Å². The van der Waals surface area contributed by atoms with Crippen molar-refractivity contribution in [2.45, 2.75) is 31.4 Å². The molecular weight excluding hydrogens is 270 g/mol. The molecule has 2 N–H and O–H groups in total. The lowest BCUT2D eigenvalue weighted by Gasteiger charge is -2.35. The first-order valence-electron chi connectivity index (χ1n) is 7.39. The minimum atomic E-state index is -0.545. The lowest BCUT2D eigenvalue weighted by molar-refractivity contribution is 0.0342. The van der Waals surface area contributed by atoms with Gasteiger partial charge >= 0.3 is 0 Å². The zero-order chi connectivity index (χ0) is 15.1. The lowest BCUT2D eigenvalue weighted by Crippen LogP contribution is -2.50. The molecule has 2 rings (SSSR count). The first kappa shape index (κ1) is 16.1. The van der Waals surface area contributed by atoms with E-state index in [4.69, 9.17) is 14.2 Å². The van der Waals surface area contributed by atoms with E-state index in [0.29, 0.717) is 12.3 Å². The maximum absolute atomic E-state index is 10.0. The van der Waals surface area contributed by atoms with Crippen LogP contribution in [0.2, 0.25) is 0 Å². The fraction of sp³-hybridized carbons (Fsp3) is 0.625. The number of β-amino-alcohol motifs (C(OH)–C–C–N with tert-alkyl or cyclic N) is 1. The summed E-state index contributed by atoms with van der Waals surface area (Å²) in [6.07, 6.45) is 1.39. The third-order valence-electron chi connectivity index (χ3n) is 3.84. The molecule has 1 atom stereocenters. The van der Waals surface area contributed by atoms with Gasteiger partial charge in [0.25, 0.3) is 0 Å². The summed E-state index contributed by atoms with van der Waals surface area (Å²) in [7, 11) is 1.62. The van der Waals surface area contributed by atoms with Crippen LogP contribution in [0, 0.1) is 0 Å². The Morgan fingerprint density at radius 2 is 2.05 bits per heavy atom. The summed E-state index contributed by atoms with van der Waals surface area (Å²) in [6.45, 7) is 4.50. The Morgan fingerprint density at radius 1 is 1.33 bits per heavy atom. The Balaban J connectivity index is 1.72. The van der Waals surface area contributed by atoms with Crippen LogP contribution in [0.1, 0.15) is 19.8 Å². The summed E-state index contributed by atoms with van der Waals surface area (Å²) in [5, 5.41) is 13.5. The van der Waals surface area contributed by atoms with E-state index in [2.05, 4.69) is 12.2 Å². The van der Waals surface area contributed by atoms with Crippen molar-refractivity contribution in [3.05, 3.63) is 24.3 Å². The second-order valence-corrected chi connectivity index (χ2v) is 5.70. The van der Waals surface area contributed by atoms with E-state index in [1.54, 1.807) is 13.2 Å². The molecule has 1 fully saturated rings. The Kier molecular flexibility index (Phi) is 5.85. The van der Waals surface area contributed by atoms with Gasteiger partial charge in [0, 0.05) is 31.4 Å². The Morgan fingerprint density at radius 3 is 2.76 bits per heavy atom. The van der Waals surface area contributed by atoms with Gasteiger partial charge in [-0.2, -0.15) is 0 Å². The SMILES string of the molecule is COc1cccc(OCC(O)CNC2(C)CCOCC2)c1. The van der Waals surface area contributed by atoms with E-state index >= 15 is 0 Å². The molecule has 1 unspecified atom stereocenters. The molecule has 21 heavy (non-hydrogen) atoms. The topological polar surface area (TPSA) is 60.0 Å². The van der Waals surface area contributed by atoms with E-state index in [-0.39, 0.29) is 12.1 Å². The van der Waals surface area contributed by atoms with Crippen LogP contribution in [-0.2, 0) is 4.74 Å². The summed E-state index contributed by atoms with van der Waals surface area (Å²) in [5.41, 5.74) is 0.0508. The third-order valence-corrected chi connectivity index (χ3v) is 3.84. The zero-order valence-electron chi connectivity index (χ0n) is 12.8. The largest absolute Gasteiger partial charge is 0.497 e. The van der Waals surface area contributed by atoms with E-state index in [0.717, 1.165) is 31.8 Å². The summed E-state index contributed by atoms with van der Waals surface area (Å²) in [4.78, 5) is 0. The predicted octanol–water partition coefficient (Wildman–Crippen LogP) is 1.59. The molecule has 1 aliphatic heterocycles. The van der Waals surface area contributed by atoms with Crippen LogP contribution in [-0.4, -0.2) is 50.2 Å². The van der Waals surface area contributed by atoms with Crippen molar-refractivity contribution in [2.24, 2.45) is 0 Å². The number of nitrogens with one attached hydrogen (secondary N) is 1. The summed E-state index contributed by atoms with van der Waals surface area (Å²) in [6, 6.07) is 7.38. The maximum Gasteiger partial charge on any atom is 0.123 e. The average molecular weight is 295 g/mol. The number of ether oxygens (including phenoxy) is 3. The maximum atomic E-state index is 10.0. The normalized spacial score (nSPS) is 19.0. The highest BCUT2D eigenvalue weighted by atomic mass is 16.5. The number of benzene rings is 1. The molecular formula is C16H25NO4. The molecule has 1 heterocycles. The highest BCUT2D eigenvalue weighted by molar-refractivity contribution is 5.32. The number of hydrogen-bond donors (Lipinski definition) is 2. The highest BCUT2D eigenvalue weighted by Gasteiger charge is 2.27. The molecule has 0 spiro atoms. The van der Waals surface area contributed by atoms with Gasteiger partial charge in [0.1, 0.15) is 24.2 Å². The van der Waals surface area contributed by atoms with Crippen LogP contribution in [0.4, 0.5) is 0 Å². The van der Waals surface area contributed by atoms with Crippen LogP contribution in [0.25, 0.3) is 0 Å². The van der Waals surface area contributed by atoms with Gasteiger partial charge in [-0.05, 0) is 31.9 Å². The van der Waals surface area contributed by atoms with Crippen molar-refractivity contribution in [1.82, 2.24) is 5.32 Å². The van der Waals surface area contributed by atoms with E-state index < -0.39 is 6.10 Å². The van der Waals surface area contributed by atoms with Gasteiger partial charge in [0.15, 0.2) is 0 Å². The van der Waals surface area contributed by atoms with Crippen molar-refractivity contribution >= 4 is 0 Å². The van der Waals surface area contributed by atoms with E-state index in [9.17, 15) is 5.11 Å². The summed E-state index contributed by atoms with van der Waals surface area (Å²) >= 11 is 0. The highest BCUT2D eigenvalue weighted by Crippen LogP contribution is 2.20. The molecule has 0 radical (unpaired) electrons. The van der Waals surface area contributed by atoms with Gasteiger partial charge in [-0.25, -0.2) is 0 Å². The number of hydrogen-bond acceptors (Lipinski definition) is 5. The minimum Gasteiger partial charge on any atom is -0.497 e. The van der Waals surface area contributed by atoms with Crippen molar-refractivity contribution in [3.63, 3.8) is 0 Å². The Bertz CT molecular complexity index is 432. The number of methoxy groups -OCH3 is 1. The van der Waals surface area contributed by atoms with Crippen LogP contribution in [0.5, 0.6) is 11.5 Å². The van der Waals surface area contributed by atoms with E-state index in [1.165, 1.54) is 0 Å². The zero-order valence-corrected chi connectivity index (χ0v) is 12.8. The molecule has 0 saturated carbocycles. The smallest absolute Gasteiger partial charge is 0.123 e. The average Bonchev–Trinajstić information content (AvgIpc) is 2.52. The third kappa shape index (κ3) is 5.19. The number of rotatable bonds is 7. The molecule has 118 valence electrons. The van der Waals surface area contributed by atoms with Crippen LogP contribution in [0.3, 0.4) is 0 Å². The number of aliphatic hydroxyl groups excluding tert-OH is 1. The van der Waals surface area contributed by atoms with Crippen LogP contribution >= 0.6 is 0 Å². The molecule has 0 aliphatic carbocycles. The molecule has 1 aliphatic rings. The minimum absolute atomic E-state index is 0.0508. The summed E-state index contributed by atoms with van der Waals surface area (Å²) < 4.78 is 16.1. The molecule has 5 nitrogen and oxygen atoms in total. The van der Waals surface area contributed by atoms with E-state index in [1.807, 2.05) is 18.2 Å². The van der Waals surface area contributed by atoms with Gasteiger partial charge in [-0.1, -0.05) is 6.07 Å². The van der Waals surface area contributed by atoms with Crippen LogP contribution in [0.15, 0.2) is 24.3 Å². The first-order chi connectivity index (χ1) is 10.1. The van der Waals surface area contributed by atoms with Crippen molar-refractivity contribution in [2.75, 3.05) is 33.5 Å². The van der Waals surface area contributed by atoms with Gasteiger partial charge in [-0.15, -0.1) is 0 Å². The standard InChI is InChI=1S/C16H25NO4/c1-16(6-8-20-9-7-16)17-11-13(18)12-21-15-5-3-4-14(10-15)19-2/h3-5,10,13,17-18H,6-9,11-12H2,1-2H3. The van der Waals surface area contributed by atoms with Gasteiger partial charge < -0.3 is 24.6 Å². The summed E-state index contributed by atoms with van der Waals surface area (Å²) in [5.74, 6) is 1.44.